The van der Waals surface area contributed by atoms with Crippen molar-refractivity contribution < 1.29 is 17.8 Å². The Morgan fingerprint density at radius 2 is 2.21 bits per heavy atom. The smallest absolute Gasteiger partial charge is 0.378 e. The molecule has 76 valence electrons. The monoisotopic (exact) mass is 215 g/mol. The minimum absolute atomic E-state index is 0.614. The Labute approximate surface area is 83.8 Å². The molecule has 0 spiro atoms. The molecule has 0 aliphatic heterocycles. The Morgan fingerprint density at radius 3 is 2.86 bits per heavy atom. The van der Waals surface area contributed by atoms with E-state index >= 15 is 0 Å². The topological polar surface area (TPSA) is 68.1 Å². The van der Waals surface area contributed by atoms with Gasteiger partial charge in [-0.3, -0.25) is 8.84 Å². The largest absolute Gasteiger partial charge is 0.496 e. The average Bonchev–Trinajstić information content (AvgIpc) is 2.18. The van der Waals surface area contributed by atoms with Crippen molar-refractivity contribution in [1.82, 2.24) is 0 Å². The first-order valence-electron chi connectivity index (χ1n) is 3.69. The lowest BCUT2D eigenvalue weighted by Crippen LogP contribution is -1.92. The van der Waals surface area contributed by atoms with Crippen molar-refractivity contribution in [2.24, 2.45) is 5.16 Å². The summed E-state index contributed by atoms with van der Waals surface area (Å²) < 4.78 is 27.5. The average molecular weight is 215 g/mol. The minimum atomic E-state index is -2.39. The number of benzene rings is 1. The van der Waals surface area contributed by atoms with E-state index in [0.29, 0.717) is 11.3 Å². The van der Waals surface area contributed by atoms with E-state index in [1.807, 2.05) is 0 Å². The van der Waals surface area contributed by atoms with Crippen LogP contribution in [0.2, 0.25) is 0 Å². The summed E-state index contributed by atoms with van der Waals surface area (Å²) in [4.78, 5) is 0. The molecule has 0 amide bonds. The van der Waals surface area contributed by atoms with Gasteiger partial charge in [0.1, 0.15) is 5.75 Å². The lowest BCUT2D eigenvalue weighted by atomic mass is 10.2. The first-order valence-corrected chi connectivity index (χ1v) is 4.72. The first-order chi connectivity index (χ1) is 6.74. The van der Waals surface area contributed by atoms with Crippen LogP contribution in [0.25, 0.3) is 0 Å². The summed E-state index contributed by atoms with van der Waals surface area (Å²) in [5.74, 6) is 0.614. The second-order valence-corrected chi connectivity index (χ2v) is 2.85. The Balaban J connectivity index is 2.75. The summed E-state index contributed by atoms with van der Waals surface area (Å²) in [5.41, 5.74) is 0.667. The highest BCUT2D eigenvalue weighted by atomic mass is 32.2. The van der Waals surface area contributed by atoms with Gasteiger partial charge in [0.15, 0.2) is 0 Å². The molecule has 1 atom stereocenters. The maximum atomic E-state index is 10.1. The van der Waals surface area contributed by atoms with Crippen LogP contribution in [0.5, 0.6) is 5.75 Å². The van der Waals surface area contributed by atoms with E-state index in [1.54, 1.807) is 24.3 Å². The molecule has 0 saturated heterocycles. The third-order valence-electron chi connectivity index (χ3n) is 1.44. The number of oxime groups is 1. The van der Waals surface area contributed by atoms with Crippen molar-refractivity contribution in [2.45, 2.75) is 0 Å². The predicted molar refractivity (Wildman–Crippen MR) is 52.4 cm³/mol. The highest BCUT2D eigenvalue weighted by Gasteiger charge is 1.97. The van der Waals surface area contributed by atoms with Crippen LogP contribution in [-0.4, -0.2) is 22.1 Å². The molecule has 1 N–H and O–H groups in total. The summed E-state index contributed by atoms with van der Waals surface area (Å²) in [5, 5.41) is 3.29. The van der Waals surface area contributed by atoms with Crippen molar-refractivity contribution in [3.8, 4) is 5.75 Å². The molecule has 1 unspecified atom stereocenters. The Bertz CT molecular complexity index is 353. The molecule has 14 heavy (non-hydrogen) atoms. The van der Waals surface area contributed by atoms with Gasteiger partial charge in [-0.2, -0.15) is 4.21 Å². The third kappa shape index (κ3) is 3.15. The van der Waals surface area contributed by atoms with Gasteiger partial charge >= 0.3 is 11.4 Å². The highest BCUT2D eigenvalue weighted by molar-refractivity contribution is 7.74. The van der Waals surface area contributed by atoms with E-state index < -0.39 is 11.4 Å². The number of methoxy groups -OCH3 is 1. The molecular formula is C8H9NO4S. The fourth-order valence-corrected chi connectivity index (χ4v) is 1.00. The van der Waals surface area contributed by atoms with Gasteiger partial charge in [0, 0.05) is 5.56 Å². The van der Waals surface area contributed by atoms with Crippen LogP contribution in [0, 0.1) is 0 Å². The lowest BCUT2D eigenvalue weighted by molar-refractivity contribution is 0.327. The molecule has 0 aromatic heterocycles. The molecule has 6 heteroatoms. The van der Waals surface area contributed by atoms with E-state index in [-0.39, 0.29) is 0 Å². The number of hydrogen-bond donors (Lipinski definition) is 1. The van der Waals surface area contributed by atoms with Crippen LogP contribution in [0.1, 0.15) is 5.56 Å². The SMILES string of the molecule is COc1ccccc1/C=N\OS(=O)O. The highest BCUT2D eigenvalue weighted by Crippen LogP contribution is 2.14. The quantitative estimate of drug-likeness (QED) is 0.465. The van der Waals surface area contributed by atoms with Gasteiger partial charge in [-0.25, -0.2) is 0 Å². The molecule has 0 heterocycles. The summed E-state index contributed by atoms with van der Waals surface area (Å²) in [7, 11) is 1.53. The zero-order chi connectivity index (χ0) is 10.4. The van der Waals surface area contributed by atoms with E-state index in [0.717, 1.165) is 0 Å². The van der Waals surface area contributed by atoms with Crippen molar-refractivity contribution in [3.63, 3.8) is 0 Å². The Hall–Kier alpha value is -1.40. The third-order valence-corrected chi connectivity index (χ3v) is 1.65. The number of para-hydroxylation sites is 1. The predicted octanol–water partition coefficient (Wildman–Crippen LogP) is 1.18. The molecular weight excluding hydrogens is 206 g/mol. The summed E-state index contributed by atoms with van der Waals surface area (Å²) in [6, 6.07) is 7.09. The number of nitrogens with zero attached hydrogens (tertiary/aromatic N) is 1. The molecule has 1 aromatic carbocycles. The molecule has 0 bridgehead atoms. The van der Waals surface area contributed by atoms with E-state index in [1.165, 1.54) is 13.3 Å². The van der Waals surface area contributed by atoms with Gasteiger partial charge in [-0.1, -0.05) is 17.3 Å². The zero-order valence-corrected chi connectivity index (χ0v) is 8.23. The maximum Gasteiger partial charge on any atom is 0.378 e. The molecule has 1 rings (SSSR count). The number of rotatable bonds is 4. The van der Waals surface area contributed by atoms with Crippen LogP contribution >= 0.6 is 0 Å². The van der Waals surface area contributed by atoms with Gasteiger partial charge in [0.25, 0.3) is 0 Å². The van der Waals surface area contributed by atoms with Crippen LogP contribution in [0.4, 0.5) is 0 Å². The zero-order valence-electron chi connectivity index (χ0n) is 7.41. The summed E-state index contributed by atoms with van der Waals surface area (Å²) in [6.07, 6.45) is 1.30. The van der Waals surface area contributed by atoms with Crippen LogP contribution in [0.3, 0.4) is 0 Å². The number of hydrogen-bond acceptors (Lipinski definition) is 4. The molecule has 1 aromatic rings. The Kier molecular flexibility index (Phi) is 4.09. The van der Waals surface area contributed by atoms with Crippen molar-refractivity contribution in [3.05, 3.63) is 29.8 Å². The summed E-state index contributed by atoms with van der Waals surface area (Å²) >= 11 is -2.39. The second kappa shape index (κ2) is 5.36. The molecule has 0 aliphatic carbocycles. The fraction of sp³-hybridized carbons (Fsp3) is 0.125. The first kappa shape index (κ1) is 10.7. The van der Waals surface area contributed by atoms with E-state index in [2.05, 4.69) is 9.44 Å². The van der Waals surface area contributed by atoms with Crippen molar-refractivity contribution >= 4 is 17.6 Å². The standard InChI is InChI=1S/C8H9NO4S/c1-12-8-5-3-2-4-7(8)6-9-13-14(10)11/h2-6H,1H3,(H,10,11)/b9-6-. The van der Waals surface area contributed by atoms with Crippen LogP contribution in [-0.2, 0) is 15.6 Å². The molecule has 0 radical (unpaired) electrons. The number of ether oxygens (including phenoxy) is 1. The van der Waals surface area contributed by atoms with Crippen molar-refractivity contribution in [2.75, 3.05) is 7.11 Å². The molecule has 5 nitrogen and oxygen atoms in total. The van der Waals surface area contributed by atoms with Gasteiger partial charge in [-0.05, 0) is 12.1 Å². The van der Waals surface area contributed by atoms with Gasteiger partial charge in [-0.15, -0.1) is 0 Å². The molecule has 0 fully saturated rings. The molecule has 0 saturated carbocycles. The van der Waals surface area contributed by atoms with E-state index in [9.17, 15) is 4.21 Å². The van der Waals surface area contributed by atoms with Gasteiger partial charge < -0.3 is 4.74 Å². The van der Waals surface area contributed by atoms with Gasteiger partial charge in [0.2, 0.25) is 0 Å². The second-order valence-electron chi connectivity index (χ2n) is 2.27. The van der Waals surface area contributed by atoms with Gasteiger partial charge in [0.05, 0.1) is 13.3 Å². The molecule has 0 aliphatic rings. The maximum absolute atomic E-state index is 10.1. The Morgan fingerprint density at radius 1 is 1.50 bits per heavy atom. The minimum Gasteiger partial charge on any atom is -0.496 e. The lowest BCUT2D eigenvalue weighted by Gasteiger charge is -2.01. The summed E-state index contributed by atoms with van der Waals surface area (Å²) in [6.45, 7) is 0. The fourth-order valence-electron chi connectivity index (χ4n) is 0.888. The van der Waals surface area contributed by atoms with Crippen molar-refractivity contribution in [1.29, 1.82) is 0 Å². The van der Waals surface area contributed by atoms with E-state index in [4.69, 9.17) is 9.29 Å². The van der Waals surface area contributed by atoms with Crippen LogP contribution < -0.4 is 4.74 Å². The van der Waals surface area contributed by atoms with Crippen LogP contribution in [0.15, 0.2) is 29.4 Å². The normalized spacial score (nSPS) is 12.7.